The highest BCUT2D eigenvalue weighted by Crippen LogP contribution is 2.16. The van der Waals surface area contributed by atoms with Gasteiger partial charge in [0.05, 0.1) is 12.7 Å². The van der Waals surface area contributed by atoms with E-state index in [9.17, 15) is 9.59 Å². The smallest absolute Gasteiger partial charge is 0.337 e. The van der Waals surface area contributed by atoms with Crippen molar-refractivity contribution < 1.29 is 14.3 Å². The summed E-state index contributed by atoms with van der Waals surface area (Å²) in [6.07, 6.45) is 0.886. The zero-order valence-electron chi connectivity index (χ0n) is 9.73. The Balaban J connectivity index is 2.11. The molecule has 0 saturated carbocycles. The Hall–Kier alpha value is -1.68. The summed E-state index contributed by atoms with van der Waals surface area (Å²) in [5.74, 6) is -0.170. The van der Waals surface area contributed by atoms with E-state index in [0.717, 1.165) is 19.5 Å². The summed E-state index contributed by atoms with van der Waals surface area (Å²) in [6, 6.07) is 6.63. The van der Waals surface area contributed by atoms with Crippen LogP contribution in [0.25, 0.3) is 0 Å². The second-order valence-electron chi connectivity index (χ2n) is 4.12. The molecular weight excluding hydrogens is 218 g/mol. The molecule has 17 heavy (non-hydrogen) atoms. The fraction of sp³-hybridized carbons (Fsp3) is 0.385. The number of carbonyl (C=O) groups is 2. The van der Waals surface area contributed by atoms with Gasteiger partial charge >= 0.3 is 5.97 Å². The van der Waals surface area contributed by atoms with Crippen LogP contribution in [0.3, 0.4) is 0 Å². The number of esters is 1. The number of hydrogen-bond donors (Lipinski definition) is 1. The maximum atomic E-state index is 12.0. The first kappa shape index (κ1) is 11.8. The van der Waals surface area contributed by atoms with Gasteiger partial charge in [-0.05, 0) is 25.1 Å². The molecule has 0 radical (unpaired) electrons. The maximum Gasteiger partial charge on any atom is 0.337 e. The van der Waals surface area contributed by atoms with E-state index in [-0.39, 0.29) is 17.7 Å². The molecule has 4 heteroatoms. The predicted molar refractivity (Wildman–Crippen MR) is 63.1 cm³/mol. The standard InChI is InChI=1S/C13H15NO3/c1-17-13(16)10-4-2-9(3-5-10)12(15)11-6-7-14-8-11/h2-5,11,14H,6-8H2,1H3/t11-/m1/s1. The van der Waals surface area contributed by atoms with Gasteiger partial charge in [-0.3, -0.25) is 4.79 Å². The minimum atomic E-state index is -0.383. The van der Waals surface area contributed by atoms with Crippen LogP contribution in [0.2, 0.25) is 0 Å². The first-order valence-electron chi connectivity index (χ1n) is 5.65. The Bertz CT molecular complexity index is 419. The van der Waals surface area contributed by atoms with Crippen LogP contribution >= 0.6 is 0 Å². The number of methoxy groups -OCH3 is 1. The minimum Gasteiger partial charge on any atom is -0.465 e. The van der Waals surface area contributed by atoms with Gasteiger partial charge in [0.15, 0.2) is 5.78 Å². The summed E-state index contributed by atoms with van der Waals surface area (Å²) in [4.78, 5) is 23.3. The van der Waals surface area contributed by atoms with E-state index in [0.29, 0.717) is 11.1 Å². The highest BCUT2D eigenvalue weighted by Gasteiger charge is 2.23. The van der Waals surface area contributed by atoms with Crippen LogP contribution in [0.4, 0.5) is 0 Å². The van der Waals surface area contributed by atoms with Crippen molar-refractivity contribution in [1.82, 2.24) is 5.32 Å². The van der Waals surface area contributed by atoms with Gasteiger partial charge in [-0.2, -0.15) is 0 Å². The van der Waals surface area contributed by atoms with Gasteiger partial charge in [0.25, 0.3) is 0 Å². The van der Waals surface area contributed by atoms with Crippen LogP contribution in [0.15, 0.2) is 24.3 Å². The van der Waals surface area contributed by atoms with Gasteiger partial charge in [-0.1, -0.05) is 12.1 Å². The van der Waals surface area contributed by atoms with Gasteiger partial charge in [0.2, 0.25) is 0 Å². The van der Waals surface area contributed by atoms with Crippen LogP contribution in [-0.4, -0.2) is 32.0 Å². The number of ether oxygens (including phenoxy) is 1. The molecule has 1 aliphatic heterocycles. The summed E-state index contributed by atoms with van der Waals surface area (Å²) in [5.41, 5.74) is 1.12. The summed E-state index contributed by atoms with van der Waals surface area (Å²) in [5, 5.41) is 3.17. The highest BCUT2D eigenvalue weighted by atomic mass is 16.5. The topological polar surface area (TPSA) is 55.4 Å². The first-order valence-corrected chi connectivity index (χ1v) is 5.65. The van der Waals surface area contributed by atoms with Crippen molar-refractivity contribution in [2.24, 2.45) is 5.92 Å². The zero-order chi connectivity index (χ0) is 12.3. The number of hydrogen-bond acceptors (Lipinski definition) is 4. The fourth-order valence-corrected chi connectivity index (χ4v) is 2.00. The van der Waals surface area contributed by atoms with Gasteiger partial charge < -0.3 is 10.1 Å². The SMILES string of the molecule is COC(=O)c1ccc(C(=O)[C@@H]2CCNC2)cc1. The molecule has 1 saturated heterocycles. The number of ketones is 1. The molecule has 1 heterocycles. The van der Waals surface area contributed by atoms with Crippen LogP contribution in [-0.2, 0) is 4.74 Å². The van der Waals surface area contributed by atoms with Crippen molar-refractivity contribution >= 4 is 11.8 Å². The Labute approximate surface area is 100.0 Å². The van der Waals surface area contributed by atoms with E-state index in [1.807, 2.05) is 0 Å². The third-order valence-electron chi connectivity index (χ3n) is 3.02. The molecule has 90 valence electrons. The summed E-state index contributed by atoms with van der Waals surface area (Å²) in [6.45, 7) is 1.65. The molecule has 1 fully saturated rings. The Kier molecular flexibility index (Phi) is 3.54. The first-order chi connectivity index (χ1) is 8.22. The van der Waals surface area contributed by atoms with E-state index in [1.54, 1.807) is 24.3 Å². The number of Topliss-reactive ketones (excluding diaryl/α,β-unsaturated/α-hetero) is 1. The molecule has 1 N–H and O–H groups in total. The van der Waals surface area contributed by atoms with Crippen molar-refractivity contribution in [3.05, 3.63) is 35.4 Å². The zero-order valence-corrected chi connectivity index (χ0v) is 9.73. The Morgan fingerprint density at radius 3 is 2.41 bits per heavy atom. The molecule has 0 spiro atoms. The second kappa shape index (κ2) is 5.10. The Morgan fingerprint density at radius 1 is 1.24 bits per heavy atom. The quantitative estimate of drug-likeness (QED) is 0.631. The molecule has 4 nitrogen and oxygen atoms in total. The molecule has 0 bridgehead atoms. The van der Waals surface area contributed by atoms with Gasteiger partial charge in [-0.15, -0.1) is 0 Å². The highest BCUT2D eigenvalue weighted by molar-refractivity contribution is 5.99. The summed E-state index contributed by atoms with van der Waals surface area (Å²) in [7, 11) is 1.34. The van der Waals surface area contributed by atoms with Crippen molar-refractivity contribution in [1.29, 1.82) is 0 Å². The van der Waals surface area contributed by atoms with E-state index >= 15 is 0 Å². The van der Waals surface area contributed by atoms with Gasteiger partial charge in [0.1, 0.15) is 0 Å². The minimum absolute atomic E-state index is 0.0685. The normalized spacial score (nSPS) is 19.0. The van der Waals surface area contributed by atoms with E-state index in [4.69, 9.17) is 0 Å². The molecule has 0 amide bonds. The lowest BCUT2D eigenvalue weighted by atomic mass is 9.96. The molecule has 1 aromatic carbocycles. The molecule has 0 unspecified atom stereocenters. The fourth-order valence-electron chi connectivity index (χ4n) is 2.00. The van der Waals surface area contributed by atoms with E-state index < -0.39 is 0 Å². The Morgan fingerprint density at radius 2 is 1.88 bits per heavy atom. The predicted octanol–water partition coefficient (Wildman–Crippen LogP) is 1.27. The van der Waals surface area contributed by atoms with Crippen LogP contribution in [0, 0.1) is 5.92 Å². The van der Waals surface area contributed by atoms with Gasteiger partial charge in [-0.25, -0.2) is 4.79 Å². The van der Waals surface area contributed by atoms with Crippen molar-refractivity contribution in [2.45, 2.75) is 6.42 Å². The molecule has 1 aromatic rings. The average Bonchev–Trinajstić information content (AvgIpc) is 2.91. The molecule has 1 aliphatic rings. The van der Waals surface area contributed by atoms with Crippen molar-refractivity contribution in [3.63, 3.8) is 0 Å². The second-order valence-corrected chi connectivity index (χ2v) is 4.12. The summed E-state index contributed by atoms with van der Waals surface area (Å²) >= 11 is 0. The maximum absolute atomic E-state index is 12.0. The average molecular weight is 233 g/mol. The van der Waals surface area contributed by atoms with E-state index in [1.165, 1.54) is 7.11 Å². The molecule has 0 aliphatic carbocycles. The largest absolute Gasteiger partial charge is 0.465 e. The lowest BCUT2D eigenvalue weighted by Crippen LogP contribution is -2.18. The lowest BCUT2D eigenvalue weighted by Gasteiger charge is -2.07. The lowest BCUT2D eigenvalue weighted by molar-refractivity contribution is 0.0600. The summed E-state index contributed by atoms with van der Waals surface area (Å²) < 4.78 is 4.60. The van der Waals surface area contributed by atoms with Gasteiger partial charge in [0, 0.05) is 18.0 Å². The van der Waals surface area contributed by atoms with Crippen molar-refractivity contribution in [3.8, 4) is 0 Å². The van der Waals surface area contributed by atoms with Crippen molar-refractivity contribution in [2.75, 3.05) is 20.2 Å². The number of benzene rings is 1. The molecule has 1 atom stereocenters. The third kappa shape index (κ3) is 2.53. The van der Waals surface area contributed by atoms with Crippen LogP contribution < -0.4 is 5.32 Å². The number of carbonyl (C=O) groups excluding carboxylic acids is 2. The molecule has 0 aromatic heterocycles. The van der Waals surface area contributed by atoms with Crippen LogP contribution in [0.1, 0.15) is 27.1 Å². The van der Waals surface area contributed by atoms with Crippen LogP contribution in [0.5, 0.6) is 0 Å². The monoisotopic (exact) mass is 233 g/mol. The molecule has 2 rings (SSSR count). The number of nitrogens with one attached hydrogen (secondary N) is 1. The third-order valence-corrected chi connectivity index (χ3v) is 3.02. The number of rotatable bonds is 3. The molecular formula is C13H15NO3. The van der Waals surface area contributed by atoms with E-state index in [2.05, 4.69) is 10.1 Å².